The fourth-order valence-electron chi connectivity index (χ4n) is 3.87. The first kappa shape index (κ1) is 21.3. The van der Waals surface area contributed by atoms with E-state index in [9.17, 15) is 18.0 Å². The third-order valence-electron chi connectivity index (χ3n) is 5.54. The lowest BCUT2D eigenvalue weighted by Gasteiger charge is -2.28. The molecule has 0 aliphatic carbocycles. The number of nitrogens with one attached hydrogen (secondary N) is 1. The van der Waals surface area contributed by atoms with E-state index in [0.29, 0.717) is 30.0 Å². The van der Waals surface area contributed by atoms with Gasteiger partial charge < -0.3 is 5.32 Å². The summed E-state index contributed by atoms with van der Waals surface area (Å²) in [4.78, 5) is 26.3. The molecule has 1 N–H and O–H groups in total. The van der Waals surface area contributed by atoms with Crippen LogP contribution in [0.25, 0.3) is 6.08 Å². The lowest BCUT2D eigenvalue weighted by molar-refractivity contribution is -0.119. The van der Waals surface area contributed by atoms with Crippen molar-refractivity contribution in [3.05, 3.63) is 60.2 Å². The number of carbonyl (C=O) groups excluding carboxylic acids is 2. The Labute approximate surface area is 182 Å². The van der Waals surface area contributed by atoms with Crippen LogP contribution in [0.2, 0.25) is 0 Å². The van der Waals surface area contributed by atoms with Crippen molar-refractivity contribution >= 4 is 39.3 Å². The second-order valence-corrected chi connectivity index (χ2v) is 9.65. The lowest BCUT2D eigenvalue weighted by atomic mass is 10.1. The minimum Gasteiger partial charge on any atom is -0.323 e. The van der Waals surface area contributed by atoms with E-state index in [1.165, 1.54) is 11.0 Å². The smallest absolute Gasteiger partial charge is 0.251 e. The predicted molar refractivity (Wildman–Crippen MR) is 120 cm³/mol. The first-order valence-corrected chi connectivity index (χ1v) is 11.9. The molecule has 8 heteroatoms. The summed E-state index contributed by atoms with van der Waals surface area (Å²) in [5, 5.41) is 2.75. The molecule has 2 aromatic carbocycles. The normalized spacial score (nSPS) is 17.8. The van der Waals surface area contributed by atoms with E-state index in [4.69, 9.17) is 0 Å². The summed E-state index contributed by atoms with van der Waals surface area (Å²) in [6, 6.07) is 13.7. The summed E-state index contributed by atoms with van der Waals surface area (Å²) >= 11 is 0. The molecule has 2 aromatic rings. The van der Waals surface area contributed by atoms with Gasteiger partial charge >= 0.3 is 0 Å². The minimum atomic E-state index is -3.50. The van der Waals surface area contributed by atoms with E-state index in [2.05, 4.69) is 5.32 Å². The molecule has 0 unspecified atom stereocenters. The Morgan fingerprint density at radius 3 is 2.32 bits per heavy atom. The molecule has 2 aliphatic rings. The van der Waals surface area contributed by atoms with Gasteiger partial charge in [0.25, 0.3) is 5.91 Å². The van der Waals surface area contributed by atoms with Crippen molar-refractivity contribution in [2.45, 2.75) is 30.6 Å². The van der Waals surface area contributed by atoms with Crippen molar-refractivity contribution in [1.82, 2.24) is 4.31 Å². The first-order valence-electron chi connectivity index (χ1n) is 10.4. The van der Waals surface area contributed by atoms with Crippen LogP contribution in [0.15, 0.2) is 59.5 Å². The van der Waals surface area contributed by atoms with E-state index >= 15 is 0 Å². The maximum Gasteiger partial charge on any atom is 0.251 e. The molecule has 1 fully saturated rings. The highest BCUT2D eigenvalue weighted by atomic mass is 32.2. The van der Waals surface area contributed by atoms with Crippen LogP contribution in [0.4, 0.5) is 11.4 Å². The SMILES string of the molecule is O=C1CN(C(=O)/C=C/c2ccc(S(=O)(=O)N3CCCCCC3)cc2)c2ccccc2N1. The number of anilines is 2. The molecule has 162 valence electrons. The number of nitrogens with zero attached hydrogens (tertiary/aromatic N) is 2. The van der Waals surface area contributed by atoms with Crippen molar-refractivity contribution in [3.63, 3.8) is 0 Å². The molecule has 0 aromatic heterocycles. The zero-order chi connectivity index (χ0) is 21.8. The van der Waals surface area contributed by atoms with Gasteiger partial charge in [-0.3, -0.25) is 14.5 Å². The highest BCUT2D eigenvalue weighted by Gasteiger charge is 2.26. The molecule has 0 saturated carbocycles. The van der Waals surface area contributed by atoms with Crippen LogP contribution in [0.5, 0.6) is 0 Å². The van der Waals surface area contributed by atoms with Gasteiger partial charge in [0.05, 0.1) is 16.3 Å². The van der Waals surface area contributed by atoms with Gasteiger partial charge in [-0.05, 0) is 48.7 Å². The van der Waals surface area contributed by atoms with Gasteiger partial charge in [0.2, 0.25) is 15.9 Å². The molecule has 1 saturated heterocycles. The highest BCUT2D eigenvalue weighted by Crippen LogP contribution is 2.29. The number of amides is 2. The molecule has 0 atom stereocenters. The fraction of sp³-hybridized carbons (Fsp3) is 0.304. The number of carbonyl (C=O) groups is 2. The standard InChI is InChI=1S/C23H25N3O4S/c27-22-17-26(21-8-4-3-7-20(21)24-22)23(28)14-11-18-9-12-19(13-10-18)31(29,30)25-15-5-1-2-6-16-25/h3-4,7-14H,1-2,5-6,15-17H2,(H,24,27)/b14-11+. The van der Waals surface area contributed by atoms with Crippen molar-refractivity contribution in [1.29, 1.82) is 0 Å². The summed E-state index contributed by atoms with van der Waals surface area (Å²) in [6.45, 7) is 1.07. The zero-order valence-corrected chi connectivity index (χ0v) is 18.0. The molecule has 2 heterocycles. The Kier molecular flexibility index (Phi) is 6.20. The molecule has 2 aliphatic heterocycles. The third-order valence-corrected chi connectivity index (χ3v) is 7.45. The Morgan fingerprint density at radius 2 is 1.61 bits per heavy atom. The van der Waals surface area contributed by atoms with Crippen LogP contribution in [-0.2, 0) is 19.6 Å². The van der Waals surface area contributed by atoms with Crippen LogP contribution >= 0.6 is 0 Å². The maximum atomic E-state index is 12.9. The third kappa shape index (κ3) is 4.70. The minimum absolute atomic E-state index is 0.0484. The van der Waals surface area contributed by atoms with Gasteiger partial charge in [0.15, 0.2) is 0 Å². The quantitative estimate of drug-likeness (QED) is 0.741. The number of fused-ring (bicyclic) bond motifs is 1. The first-order chi connectivity index (χ1) is 14.9. The molecular weight excluding hydrogens is 414 g/mol. The number of benzene rings is 2. The summed E-state index contributed by atoms with van der Waals surface area (Å²) in [7, 11) is -3.50. The van der Waals surface area contributed by atoms with Gasteiger partial charge in [-0.2, -0.15) is 4.31 Å². The second kappa shape index (κ2) is 9.03. The maximum absolute atomic E-state index is 12.9. The molecule has 4 rings (SSSR count). The molecule has 31 heavy (non-hydrogen) atoms. The molecule has 7 nitrogen and oxygen atoms in total. The second-order valence-electron chi connectivity index (χ2n) is 7.71. The van der Waals surface area contributed by atoms with Crippen molar-refractivity contribution in [2.75, 3.05) is 29.9 Å². The molecule has 0 radical (unpaired) electrons. The van der Waals surface area contributed by atoms with Crippen molar-refractivity contribution in [3.8, 4) is 0 Å². The van der Waals surface area contributed by atoms with Crippen LogP contribution in [-0.4, -0.2) is 44.2 Å². The van der Waals surface area contributed by atoms with Gasteiger partial charge in [0, 0.05) is 19.2 Å². The van der Waals surface area contributed by atoms with E-state index in [-0.39, 0.29) is 23.3 Å². The Hall–Kier alpha value is -2.97. The van der Waals surface area contributed by atoms with Crippen LogP contribution in [0.1, 0.15) is 31.2 Å². The molecule has 2 amide bonds. The number of sulfonamides is 1. The molecular formula is C23H25N3O4S. The summed E-state index contributed by atoms with van der Waals surface area (Å²) in [6.07, 6.45) is 6.92. The van der Waals surface area contributed by atoms with E-state index in [0.717, 1.165) is 25.7 Å². The van der Waals surface area contributed by atoms with Gasteiger partial charge in [-0.25, -0.2) is 8.42 Å². The zero-order valence-electron chi connectivity index (χ0n) is 17.2. The monoisotopic (exact) mass is 439 g/mol. The number of rotatable bonds is 4. The van der Waals surface area contributed by atoms with E-state index < -0.39 is 10.0 Å². The Morgan fingerprint density at radius 1 is 0.935 bits per heavy atom. The lowest BCUT2D eigenvalue weighted by Crippen LogP contribution is -2.41. The summed E-state index contributed by atoms with van der Waals surface area (Å²) < 4.78 is 27.3. The van der Waals surface area contributed by atoms with Gasteiger partial charge in [-0.1, -0.05) is 37.1 Å². The molecule has 0 bridgehead atoms. The van der Waals surface area contributed by atoms with Crippen molar-refractivity contribution < 1.29 is 18.0 Å². The van der Waals surface area contributed by atoms with E-state index in [1.54, 1.807) is 52.8 Å². The molecule has 0 spiro atoms. The average molecular weight is 440 g/mol. The Balaban J connectivity index is 1.48. The van der Waals surface area contributed by atoms with Crippen LogP contribution < -0.4 is 10.2 Å². The van der Waals surface area contributed by atoms with Gasteiger partial charge in [0.1, 0.15) is 6.54 Å². The van der Waals surface area contributed by atoms with Crippen LogP contribution in [0, 0.1) is 0 Å². The van der Waals surface area contributed by atoms with Crippen LogP contribution in [0.3, 0.4) is 0 Å². The number of hydrogen-bond acceptors (Lipinski definition) is 4. The average Bonchev–Trinajstić information content (AvgIpc) is 3.07. The number of para-hydroxylation sites is 2. The predicted octanol–water partition coefficient (Wildman–Crippen LogP) is 3.25. The summed E-state index contributed by atoms with van der Waals surface area (Å²) in [5.74, 6) is -0.563. The summed E-state index contributed by atoms with van der Waals surface area (Å²) in [5.41, 5.74) is 1.96. The Bertz CT molecular complexity index is 1100. The van der Waals surface area contributed by atoms with Crippen molar-refractivity contribution in [2.24, 2.45) is 0 Å². The van der Waals surface area contributed by atoms with E-state index in [1.807, 2.05) is 6.07 Å². The van der Waals surface area contributed by atoms with Gasteiger partial charge in [-0.15, -0.1) is 0 Å². The number of hydrogen-bond donors (Lipinski definition) is 1. The highest BCUT2D eigenvalue weighted by molar-refractivity contribution is 7.89. The fourth-order valence-corrected chi connectivity index (χ4v) is 5.39. The topological polar surface area (TPSA) is 86.8 Å². The largest absolute Gasteiger partial charge is 0.323 e.